The van der Waals surface area contributed by atoms with E-state index in [2.05, 4.69) is 0 Å². The number of aliphatic carboxylic acids is 1. The quantitative estimate of drug-likeness (QED) is 0.545. The van der Waals surface area contributed by atoms with Crippen LogP contribution in [0.3, 0.4) is 0 Å². The van der Waals surface area contributed by atoms with Crippen LogP contribution in [0.5, 0.6) is 0 Å². The van der Waals surface area contributed by atoms with E-state index in [1.54, 1.807) is 6.08 Å². The smallest absolute Gasteiger partial charge is 0.336 e. The van der Waals surface area contributed by atoms with Crippen molar-refractivity contribution in [1.82, 2.24) is 0 Å². The molecule has 2 nitrogen and oxygen atoms in total. The van der Waals surface area contributed by atoms with E-state index in [1.165, 1.54) is 0 Å². The van der Waals surface area contributed by atoms with Crippen molar-refractivity contribution in [2.45, 2.75) is 0 Å². The van der Waals surface area contributed by atoms with Crippen LogP contribution < -0.4 is 0 Å². The van der Waals surface area contributed by atoms with E-state index in [9.17, 15) is 9.90 Å². The minimum Gasteiger partial charge on any atom is -0.478 e. The first kappa shape index (κ1) is 14.8. The fourth-order valence-electron chi connectivity index (χ4n) is 2.56. The van der Waals surface area contributed by atoms with Crippen LogP contribution in [0, 0.1) is 0 Å². The lowest BCUT2D eigenvalue weighted by Crippen LogP contribution is -2.01. The van der Waals surface area contributed by atoms with Crippen LogP contribution in [-0.2, 0) is 4.79 Å². The highest BCUT2D eigenvalue weighted by Gasteiger charge is 2.15. The van der Waals surface area contributed by atoms with Gasteiger partial charge < -0.3 is 5.11 Å². The molecule has 0 radical (unpaired) electrons. The topological polar surface area (TPSA) is 37.3 Å². The fraction of sp³-hybridized carbons (Fsp3) is 0. The second-order valence-corrected chi connectivity index (χ2v) is 5.19. The van der Waals surface area contributed by atoms with E-state index in [0.717, 1.165) is 22.3 Å². The predicted molar refractivity (Wildman–Crippen MR) is 93.8 cm³/mol. The molecule has 0 atom stereocenters. The van der Waals surface area contributed by atoms with E-state index in [4.69, 9.17) is 0 Å². The Morgan fingerprint density at radius 2 is 1.30 bits per heavy atom. The van der Waals surface area contributed by atoms with Gasteiger partial charge in [0.2, 0.25) is 0 Å². The van der Waals surface area contributed by atoms with Gasteiger partial charge in [-0.1, -0.05) is 84.9 Å². The normalized spacial score (nSPS) is 11.2. The summed E-state index contributed by atoms with van der Waals surface area (Å²) in [5.74, 6) is -0.933. The molecule has 23 heavy (non-hydrogen) atoms. The van der Waals surface area contributed by atoms with Crippen molar-refractivity contribution in [3.63, 3.8) is 0 Å². The van der Waals surface area contributed by atoms with Gasteiger partial charge in [-0.3, -0.25) is 0 Å². The molecule has 0 saturated heterocycles. The van der Waals surface area contributed by atoms with Crippen molar-refractivity contribution >= 4 is 17.6 Å². The number of hydrogen-bond acceptors (Lipinski definition) is 1. The standard InChI is InChI=1S/C21H16O2/c22-21(23)20(15-16-9-3-1-4-10-16)19-14-8-7-13-18(19)17-11-5-2-6-12-17/h1-15H,(H,22,23)/b20-15+. The van der Waals surface area contributed by atoms with E-state index in [0.29, 0.717) is 0 Å². The third-order valence-electron chi connectivity index (χ3n) is 3.64. The lowest BCUT2D eigenvalue weighted by atomic mass is 9.93. The molecular formula is C21H16O2. The Kier molecular flexibility index (Phi) is 4.34. The third-order valence-corrected chi connectivity index (χ3v) is 3.64. The van der Waals surface area contributed by atoms with Gasteiger partial charge in [0.05, 0.1) is 5.57 Å². The van der Waals surface area contributed by atoms with E-state index >= 15 is 0 Å². The van der Waals surface area contributed by atoms with Crippen LogP contribution in [-0.4, -0.2) is 11.1 Å². The van der Waals surface area contributed by atoms with Gasteiger partial charge >= 0.3 is 5.97 Å². The van der Waals surface area contributed by atoms with Gasteiger partial charge in [0.15, 0.2) is 0 Å². The summed E-state index contributed by atoms with van der Waals surface area (Å²) < 4.78 is 0. The Hall–Kier alpha value is -3.13. The van der Waals surface area contributed by atoms with Crippen molar-refractivity contribution in [2.24, 2.45) is 0 Å². The first-order valence-electron chi connectivity index (χ1n) is 7.40. The highest BCUT2D eigenvalue weighted by Crippen LogP contribution is 2.30. The lowest BCUT2D eigenvalue weighted by molar-refractivity contribution is -0.130. The molecule has 3 rings (SSSR count). The van der Waals surface area contributed by atoms with Gasteiger partial charge in [-0.25, -0.2) is 4.79 Å². The van der Waals surface area contributed by atoms with E-state index in [1.807, 2.05) is 84.9 Å². The highest BCUT2D eigenvalue weighted by molar-refractivity contribution is 6.22. The monoisotopic (exact) mass is 300 g/mol. The molecule has 2 heteroatoms. The number of carbonyl (C=O) groups is 1. The summed E-state index contributed by atoms with van der Waals surface area (Å²) in [6.07, 6.45) is 1.71. The van der Waals surface area contributed by atoms with Crippen molar-refractivity contribution in [3.8, 4) is 11.1 Å². The first-order chi connectivity index (χ1) is 11.3. The molecule has 0 bridgehead atoms. The summed E-state index contributed by atoms with van der Waals surface area (Å²) in [6.45, 7) is 0. The predicted octanol–water partition coefficient (Wildman–Crippen LogP) is 4.98. The number of carboxylic acid groups (broad SMARTS) is 1. The molecule has 112 valence electrons. The molecule has 0 aliphatic rings. The SMILES string of the molecule is O=C(O)/C(=C/c1ccccc1)c1ccccc1-c1ccccc1. The summed E-state index contributed by atoms with van der Waals surface area (Å²) in [6, 6.07) is 26.9. The Balaban J connectivity index is 2.16. The number of hydrogen-bond donors (Lipinski definition) is 1. The summed E-state index contributed by atoms with van der Waals surface area (Å²) in [5.41, 5.74) is 3.79. The largest absolute Gasteiger partial charge is 0.478 e. The molecule has 0 amide bonds. The van der Waals surface area contributed by atoms with Crippen molar-refractivity contribution in [3.05, 3.63) is 96.1 Å². The molecular weight excluding hydrogens is 284 g/mol. The Bertz CT molecular complexity index is 834. The number of rotatable bonds is 4. The Morgan fingerprint density at radius 1 is 0.739 bits per heavy atom. The van der Waals surface area contributed by atoms with Gasteiger partial charge in [0.25, 0.3) is 0 Å². The maximum absolute atomic E-state index is 11.8. The molecule has 0 spiro atoms. The summed E-state index contributed by atoms with van der Waals surface area (Å²) in [4.78, 5) is 11.8. The first-order valence-corrected chi connectivity index (χ1v) is 7.40. The molecule has 1 N–H and O–H groups in total. The molecule has 0 saturated carbocycles. The molecule has 0 aliphatic carbocycles. The third kappa shape index (κ3) is 3.38. The van der Waals surface area contributed by atoms with Crippen molar-refractivity contribution < 1.29 is 9.90 Å². The van der Waals surface area contributed by atoms with Crippen LogP contribution >= 0.6 is 0 Å². The van der Waals surface area contributed by atoms with E-state index < -0.39 is 5.97 Å². The van der Waals surface area contributed by atoms with Gasteiger partial charge in [0.1, 0.15) is 0 Å². The van der Waals surface area contributed by atoms with Crippen LogP contribution in [0.2, 0.25) is 0 Å². The maximum Gasteiger partial charge on any atom is 0.336 e. The summed E-state index contributed by atoms with van der Waals surface area (Å²) in [5, 5.41) is 9.69. The zero-order chi connectivity index (χ0) is 16.1. The second kappa shape index (κ2) is 6.75. The minimum absolute atomic E-state index is 0.288. The maximum atomic E-state index is 11.8. The van der Waals surface area contributed by atoms with Crippen LogP contribution in [0.4, 0.5) is 0 Å². The average molecular weight is 300 g/mol. The Morgan fingerprint density at radius 3 is 1.96 bits per heavy atom. The molecule has 0 unspecified atom stereocenters. The molecule has 0 fully saturated rings. The minimum atomic E-state index is -0.933. The van der Waals surface area contributed by atoms with Gasteiger partial charge in [-0.2, -0.15) is 0 Å². The molecule has 3 aromatic carbocycles. The van der Waals surface area contributed by atoms with Gasteiger partial charge in [-0.15, -0.1) is 0 Å². The highest BCUT2D eigenvalue weighted by atomic mass is 16.4. The number of carboxylic acids is 1. The van der Waals surface area contributed by atoms with Gasteiger partial charge in [-0.05, 0) is 28.3 Å². The second-order valence-electron chi connectivity index (χ2n) is 5.19. The summed E-state index contributed by atoms with van der Waals surface area (Å²) in [7, 11) is 0. The lowest BCUT2D eigenvalue weighted by Gasteiger charge is -2.11. The zero-order valence-electron chi connectivity index (χ0n) is 12.5. The zero-order valence-corrected chi connectivity index (χ0v) is 12.5. The average Bonchev–Trinajstić information content (AvgIpc) is 2.61. The molecule has 0 aromatic heterocycles. The van der Waals surface area contributed by atoms with Gasteiger partial charge in [0, 0.05) is 0 Å². The number of benzene rings is 3. The molecule has 0 heterocycles. The summed E-state index contributed by atoms with van der Waals surface area (Å²) >= 11 is 0. The fourth-order valence-corrected chi connectivity index (χ4v) is 2.56. The van der Waals surface area contributed by atoms with Crippen molar-refractivity contribution in [1.29, 1.82) is 0 Å². The van der Waals surface area contributed by atoms with Crippen LogP contribution in [0.25, 0.3) is 22.8 Å². The van der Waals surface area contributed by atoms with Crippen LogP contribution in [0.15, 0.2) is 84.9 Å². The van der Waals surface area contributed by atoms with E-state index in [-0.39, 0.29) is 5.57 Å². The Labute approximate surface area is 135 Å². The molecule has 0 aliphatic heterocycles. The van der Waals surface area contributed by atoms with Crippen LogP contribution in [0.1, 0.15) is 11.1 Å². The molecule has 3 aromatic rings. The van der Waals surface area contributed by atoms with Crippen molar-refractivity contribution in [2.75, 3.05) is 0 Å².